The van der Waals surface area contributed by atoms with Gasteiger partial charge in [-0.2, -0.15) is 0 Å². The minimum Gasteiger partial charge on any atom is -0.365 e. The van der Waals surface area contributed by atoms with Crippen molar-refractivity contribution in [3.05, 3.63) is 37.8 Å². The minimum atomic E-state index is 0.523. The second-order valence-electron chi connectivity index (χ2n) is 3.39. The van der Waals surface area contributed by atoms with E-state index >= 15 is 0 Å². The molecule has 17 heavy (non-hydrogen) atoms. The second-order valence-corrected chi connectivity index (χ2v) is 5.60. The van der Waals surface area contributed by atoms with Crippen LogP contribution in [0, 0.1) is 0 Å². The van der Waals surface area contributed by atoms with E-state index in [4.69, 9.17) is 11.6 Å². The molecule has 0 aliphatic carbocycles. The highest BCUT2D eigenvalue weighted by Crippen LogP contribution is 2.25. The lowest BCUT2D eigenvalue weighted by atomic mass is 10.2. The summed E-state index contributed by atoms with van der Waals surface area (Å²) in [5.41, 5.74) is 0.960. The molecule has 1 N–H and O–H groups in total. The third kappa shape index (κ3) is 2.97. The van der Waals surface area contributed by atoms with Gasteiger partial charge >= 0.3 is 0 Å². The summed E-state index contributed by atoms with van der Waals surface area (Å²) in [4.78, 5) is 9.44. The zero-order chi connectivity index (χ0) is 12.3. The highest BCUT2D eigenvalue weighted by molar-refractivity contribution is 9.10. The van der Waals surface area contributed by atoms with E-state index < -0.39 is 0 Å². The summed E-state index contributed by atoms with van der Waals surface area (Å²) in [6.07, 6.45) is 2.29. The summed E-state index contributed by atoms with van der Waals surface area (Å²) < 4.78 is 1.12. The van der Waals surface area contributed by atoms with Crippen molar-refractivity contribution in [1.29, 1.82) is 0 Å². The molecule has 0 fully saturated rings. The molecule has 0 aliphatic heterocycles. The Hall–Kier alpha value is -0.650. The quantitative estimate of drug-likeness (QED) is 0.856. The van der Waals surface area contributed by atoms with Crippen molar-refractivity contribution in [2.45, 2.75) is 19.9 Å². The van der Waals surface area contributed by atoms with Crippen LogP contribution in [0.3, 0.4) is 0 Å². The van der Waals surface area contributed by atoms with Crippen molar-refractivity contribution in [2.24, 2.45) is 0 Å². The monoisotopic (exact) mass is 331 g/mol. The van der Waals surface area contributed by atoms with Gasteiger partial charge in [0.25, 0.3) is 0 Å². The first-order valence-corrected chi connectivity index (χ1v) is 7.22. The number of rotatable bonds is 4. The van der Waals surface area contributed by atoms with E-state index in [1.54, 1.807) is 11.3 Å². The van der Waals surface area contributed by atoms with Gasteiger partial charge in [-0.15, -0.1) is 11.3 Å². The summed E-state index contributed by atoms with van der Waals surface area (Å²) in [5, 5.41) is 5.87. The van der Waals surface area contributed by atoms with E-state index in [9.17, 15) is 0 Å². The molecular weight excluding hydrogens is 322 g/mol. The zero-order valence-electron chi connectivity index (χ0n) is 9.20. The summed E-state index contributed by atoms with van der Waals surface area (Å²) in [7, 11) is 0. The van der Waals surface area contributed by atoms with Crippen LogP contribution in [0.15, 0.2) is 22.2 Å². The lowest BCUT2D eigenvalue weighted by molar-refractivity contribution is 1.02. The molecular formula is C11H11BrClN3S. The van der Waals surface area contributed by atoms with Crippen molar-refractivity contribution >= 4 is 44.7 Å². The molecule has 0 saturated carbocycles. The van der Waals surface area contributed by atoms with Crippen LogP contribution in [0.5, 0.6) is 0 Å². The van der Waals surface area contributed by atoms with Crippen LogP contribution in [0.25, 0.3) is 0 Å². The van der Waals surface area contributed by atoms with Gasteiger partial charge in [-0.3, -0.25) is 0 Å². The molecule has 0 saturated heterocycles. The summed E-state index contributed by atoms with van der Waals surface area (Å²) in [6, 6.07) is 2.04. The Labute approximate surface area is 117 Å². The predicted molar refractivity (Wildman–Crippen MR) is 75.8 cm³/mol. The smallest absolute Gasteiger partial charge is 0.137 e. The maximum absolute atomic E-state index is 6.02. The Balaban J connectivity index is 2.14. The van der Waals surface area contributed by atoms with Crippen molar-refractivity contribution in [1.82, 2.24) is 9.97 Å². The van der Waals surface area contributed by atoms with E-state index in [0.717, 1.165) is 28.8 Å². The standard InChI is InChI=1S/C11H11BrClN3S/c1-2-7-10(13)15-6-16-11(7)14-5-9-8(12)3-4-17-9/h3-4,6H,2,5H2,1H3,(H,14,15,16). The van der Waals surface area contributed by atoms with Gasteiger partial charge in [0.05, 0.1) is 6.54 Å². The van der Waals surface area contributed by atoms with Gasteiger partial charge in [0.15, 0.2) is 0 Å². The lowest BCUT2D eigenvalue weighted by Gasteiger charge is -2.09. The first kappa shape index (κ1) is 12.8. The molecule has 0 unspecified atom stereocenters. The van der Waals surface area contributed by atoms with E-state index in [2.05, 4.69) is 36.6 Å². The molecule has 0 aliphatic rings. The second kappa shape index (κ2) is 5.80. The molecule has 0 radical (unpaired) electrons. The maximum atomic E-state index is 6.02. The predicted octanol–water partition coefficient (Wildman–Crippen LogP) is 4.13. The van der Waals surface area contributed by atoms with Crippen molar-refractivity contribution < 1.29 is 0 Å². The fourth-order valence-electron chi connectivity index (χ4n) is 1.47. The van der Waals surface area contributed by atoms with Gasteiger partial charge in [-0.1, -0.05) is 18.5 Å². The number of thiophene rings is 1. The van der Waals surface area contributed by atoms with Crippen LogP contribution in [0.2, 0.25) is 5.15 Å². The van der Waals surface area contributed by atoms with Crippen LogP contribution in [0.4, 0.5) is 5.82 Å². The topological polar surface area (TPSA) is 37.8 Å². The molecule has 90 valence electrons. The highest BCUT2D eigenvalue weighted by atomic mass is 79.9. The number of nitrogens with zero attached hydrogens (tertiary/aromatic N) is 2. The molecule has 2 rings (SSSR count). The van der Waals surface area contributed by atoms with Gasteiger partial charge in [-0.25, -0.2) is 9.97 Å². The van der Waals surface area contributed by atoms with Gasteiger partial charge in [-0.05, 0) is 33.8 Å². The van der Waals surface area contributed by atoms with Crippen LogP contribution in [0.1, 0.15) is 17.4 Å². The van der Waals surface area contributed by atoms with Crippen molar-refractivity contribution in [3.63, 3.8) is 0 Å². The largest absolute Gasteiger partial charge is 0.365 e. The molecule has 2 aromatic heterocycles. The molecule has 2 aromatic rings. The van der Waals surface area contributed by atoms with Crippen LogP contribution in [-0.2, 0) is 13.0 Å². The zero-order valence-corrected chi connectivity index (χ0v) is 12.4. The lowest BCUT2D eigenvalue weighted by Crippen LogP contribution is -2.04. The molecule has 2 heterocycles. The maximum Gasteiger partial charge on any atom is 0.137 e. The summed E-state index contributed by atoms with van der Waals surface area (Å²) in [5.74, 6) is 0.813. The third-order valence-electron chi connectivity index (χ3n) is 2.35. The van der Waals surface area contributed by atoms with Crippen LogP contribution in [-0.4, -0.2) is 9.97 Å². The first-order valence-electron chi connectivity index (χ1n) is 5.17. The summed E-state index contributed by atoms with van der Waals surface area (Å²) in [6.45, 7) is 2.77. The van der Waals surface area contributed by atoms with Crippen molar-refractivity contribution in [3.8, 4) is 0 Å². The fraction of sp³-hybridized carbons (Fsp3) is 0.273. The Bertz CT molecular complexity index is 515. The minimum absolute atomic E-state index is 0.523. The SMILES string of the molecule is CCc1c(Cl)ncnc1NCc1sccc1Br. The Morgan fingerprint density at radius 1 is 1.47 bits per heavy atom. The molecule has 0 aromatic carbocycles. The Kier molecular flexibility index (Phi) is 4.36. The van der Waals surface area contributed by atoms with Crippen molar-refractivity contribution in [2.75, 3.05) is 5.32 Å². The number of aromatic nitrogens is 2. The average molecular weight is 333 g/mol. The average Bonchev–Trinajstić information content (AvgIpc) is 2.72. The normalized spacial score (nSPS) is 10.5. The van der Waals surface area contributed by atoms with Gasteiger partial charge in [0.2, 0.25) is 0 Å². The van der Waals surface area contributed by atoms with Gasteiger partial charge in [0.1, 0.15) is 17.3 Å². The van der Waals surface area contributed by atoms with E-state index in [-0.39, 0.29) is 0 Å². The fourth-order valence-corrected chi connectivity index (χ4v) is 3.17. The summed E-state index contributed by atoms with van der Waals surface area (Å²) >= 11 is 11.2. The van der Waals surface area contributed by atoms with Crippen LogP contribution < -0.4 is 5.32 Å². The van der Waals surface area contributed by atoms with E-state index in [1.165, 1.54) is 11.2 Å². The Morgan fingerprint density at radius 2 is 2.29 bits per heavy atom. The number of halogens is 2. The molecule has 0 bridgehead atoms. The molecule has 3 nitrogen and oxygen atoms in total. The molecule has 0 amide bonds. The highest BCUT2D eigenvalue weighted by Gasteiger charge is 2.08. The van der Waals surface area contributed by atoms with E-state index in [0.29, 0.717) is 5.15 Å². The molecule has 0 spiro atoms. The number of hydrogen-bond acceptors (Lipinski definition) is 4. The Morgan fingerprint density at radius 3 is 2.94 bits per heavy atom. The third-order valence-corrected chi connectivity index (χ3v) is 4.61. The van der Waals surface area contributed by atoms with Crippen LogP contribution >= 0.6 is 38.9 Å². The molecule has 6 heteroatoms. The number of nitrogens with one attached hydrogen (secondary N) is 1. The first-order chi connectivity index (χ1) is 8.22. The van der Waals surface area contributed by atoms with Gasteiger partial charge in [0, 0.05) is 14.9 Å². The number of anilines is 1. The molecule has 0 atom stereocenters. The van der Waals surface area contributed by atoms with E-state index in [1.807, 2.05) is 13.0 Å². The van der Waals surface area contributed by atoms with Gasteiger partial charge < -0.3 is 5.32 Å². The number of hydrogen-bond donors (Lipinski definition) is 1.